The minimum atomic E-state index is -0.278. The number of alkyl halides is 1. The zero-order valence-electron chi connectivity index (χ0n) is 10.0. The van der Waals surface area contributed by atoms with Gasteiger partial charge in [0, 0.05) is 33.0 Å². The molecule has 98 valence electrons. The second-order valence-corrected chi connectivity index (χ2v) is 6.05. The maximum atomic E-state index is 13.4. The molecule has 1 aromatic heterocycles. The van der Waals surface area contributed by atoms with E-state index in [4.69, 9.17) is 0 Å². The van der Waals surface area contributed by atoms with E-state index in [1.165, 1.54) is 25.0 Å². The number of benzene rings is 1. The Hall–Kier alpha value is -0.810. The minimum absolute atomic E-state index is 0.278. The Morgan fingerprint density at radius 2 is 2.11 bits per heavy atom. The first-order valence-electron chi connectivity index (χ1n) is 6.06. The van der Waals surface area contributed by atoms with Crippen LogP contribution < -0.4 is 0 Å². The molecule has 1 aliphatic rings. The number of rotatable bonds is 3. The maximum Gasteiger partial charge on any atom is 0.160 e. The molecule has 1 aliphatic carbocycles. The Morgan fingerprint density at radius 1 is 1.32 bits per heavy atom. The number of hydrogen-bond donors (Lipinski definition) is 0. The zero-order chi connectivity index (χ0) is 13.4. The molecule has 2 aromatic rings. The smallest absolute Gasteiger partial charge is 0.160 e. The van der Waals surface area contributed by atoms with Gasteiger partial charge in [0.2, 0.25) is 0 Å². The third-order valence-corrected chi connectivity index (χ3v) is 4.47. The molecule has 1 fully saturated rings. The van der Waals surface area contributed by atoms with Crippen LogP contribution in [-0.2, 0) is 5.33 Å². The first kappa shape index (κ1) is 13.2. The fourth-order valence-electron chi connectivity index (χ4n) is 2.03. The molecular formula is C14H11Br2FN2. The molecule has 5 heteroatoms. The number of aromatic nitrogens is 2. The van der Waals surface area contributed by atoms with E-state index in [0.717, 1.165) is 21.1 Å². The Labute approximate surface area is 127 Å². The lowest BCUT2D eigenvalue weighted by atomic mass is 10.1. The molecular weight excluding hydrogens is 375 g/mol. The van der Waals surface area contributed by atoms with Crippen LogP contribution in [0.3, 0.4) is 0 Å². The van der Waals surface area contributed by atoms with Gasteiger partial charge in [-0.05, 0) is 31.0 Å². The maximum absolute atomic E-state index is 13.4. The summed E-state index contributed by atoms with van der Waals surface area (Å²) in [6, 6.07) is 4.56. The van der Waals surface area contributed by atoms with Gasteiger partial charge in [-0.3, -0.25) is 0 Å². The van der Waals surface area contributed by atoms with Crippen LogP contribution in [0.25, 0.3) is 11.4 Å². The monoisotopic (exact) mass is 384 g/mol. The second kappa shape index (κ2) is 5.29. The molecule has 1 heterocycles. The summed E-state index contributed by atoms with van der Waals surface area (Å²) in [4.78, 5) is 8.99. The van der Waals surface area contributed by atoms with E-state index >= 15 is 0 Å². The third-order valence-electron chi connectivity index (χ3n) is 3.18. The molecule has 1 saturated carbocycles. The van der Waals surface area contributed by atoms with Crippen molar-refractivity contribution in [2.75, 3.05) is 0 Å². The highest BCUT2D eigenvalue weighted by molar-refractivity contribution is 9.10. The zero-order valence-corrected chi connectivity index (χ0v) is 13.2. The Kier molecular flexibility index (Phi) is 3.67. The standard InChI is InChI=1S/C14H11Br2FN2/c15-6-9-7-18-14(19-13(9)8-1-2-8)11-5-10(17)3-4-12(11)16/h3-5,7-8H,1-2,6H2. The predicted octanol–water partition coefficient (Wildman–Crippen LogP) is 4.82. The topological polar surface area (TPSA) is 25.8 Å². The predicted molar refractivity (Wildman–Crippen MR) is 79.7 cm³/mol. The second-order valence-electron chi connectivity index (χ2n) is 4.64. The van der Waals surface area contributed by atoms with Crippen LogP contribution in [0.1, 0.15) is 30.0 Å². The highest BCUT2D eigenvalue weighted by Gasteiger charge is 2.28. The Morgan fingerprint density at radius 3 is 2.79 bits per heavy atom. The van der Waals surface area contributed by atoms with Crippen molar-refractivity contribution in [3.8, 4) is 11.4 Å². The average molecular weight is 386 g/mol. The van der Waals surface area contributed by atoms with Crippen molar-refractivity contribution < 1.29 is 4.39 Å². The van der Waals surface area contributed by atoms with E-state index < -0.39 is 0 Å². The Balaban J connectivity index is 2.10. The fourth-order valence-corrected chi connectivity index (χ4v) is 2.89. The van der Waals surface area contributed by atoms with Gasteiger partial charge in [-0.1, -0.05) is 31.9 Å². The summed E-state index contributed by atoms with van der Waals surface area (Å²) in [5.74, 6) is 0.846. The van der Waals surface area contributed by atoms with E-state index in [9.17, 15) is 4.39 Å². The summed E-state index contributed by atoms with van der Waals surface area (Å²) in [5, 5.41) is 0.753. The van der Waals surface area contributed by atoms with Crippen LogP contribution in [0.15, 0.2) is 28.9 Å². The van der Waals surface area contributed by atoms with E-state index in [0.29, 0.717) is 17.3 Å². The van der Waals surface area contributed by atoms with Gasteiger partial charge in [-0.25, -0.2) is 14.4 Å². The van der Waals surface area contributed by atoms with Gasteiger partial charge in [0.15, 0.2) is 5.82 Å². The van der Waals surface area contributed by atoms with Crippen molar-refractivity contribution in [1.82, 2.24) is 9.97 Å². The largest absolute Gasteiger partial charge is 0.236 e. The van der Waals surface area contributed by atoms with Gasteiger partial charge >= 0.3 is 0 Å². The van der Waals surface area contributed by atoms with E-state index in [1.54, 1.807) is 6.07 Å². The first-order chi connectivity index (χ1) is 9.19. The van der Waals surface area contributed by atoms with Gasteiger partial charge in [0.05, 0.1) is 5.69 Å². The normalized spacial score (nSPS) is 14.7. The highest BCUT2D eigenvalue weighted by atomic mass is 79.9. The van der Waals surface area contributed by atoms with Crippen molar-refractivity contribution in [3.05, 3.63) is 45.9 Å². The quantitative estimate of drug-likeness (QED) is 0.708. The molecule has 19 heavy (non-hydrogen) atoms. The molecule has 0 amide bonds. The third kappa shape index (κ3) is 2.72. The van der Waals surface area contributed by atoms with Crippen LogP contribution in [0.4, 0.5) is 4.39 Å². The van der Waals surface area contributed by atoms with Crippen LogP contribution in [0.5, 0.6) is 0 Å². The van der Waals surface area contributed by atoms with E-state index in [1.807, 2.05) is 6.20 Å². The van der Waals surface area contributed by atoms with Gasteiger partial charge in [0.1, 0.15) is 5.82 Å². The van der Waals surface area contributed by atoms with Crippen molar-refractivity contribution in [2.45, 2.75) is 24.1 Å². The number of halogens is 3. The van der Waals surface area contributed by atoms with E-state index in [-0.39, 0.29) is 5.82 Å². The first-order valence-corrected chi connectivity index (χ1v) is 7.97. The van der Waals surface area contributed by atoms with Crippen LogP contribution in [0, 0.1) is 5.82 Å². The molecule has 1 aromatic carbocycles. The van der Waals surface area contributed by atoms with E-state index in [2.05, 4.69) is 41.8 Å². The lowest BCUT2D eigenvalue weighted by Gasteiger charge is -2.09. The molecule has 0 bridgehead atoms. The van der Waals surface area contributed by atoms with Crippen LogP contribution in [0.2, 0.25) is 0 Å². The minimum Gasteiger partial charge on any atom is -0.236 e. The lowest BCUT2D eigenvalue weighted by Crippen LogP contribution is -2.00. The molecule has 0 N–H and O–H groups in total. The summed E-state index contributed by atoms with van der Waals surface area (Å²) in [6.07, 6.45) is 4.20. The molecule has 0 aliphatic heterocycles. The van der Waals surface area contributed by atoms with Crippen molar-refractivity contribution in [1.29, 1.82) is 0 Å². The van der Waals surface area contributed by atoms with Gasteiger partial charge in [-0.2, -0.15) is 0 Å². The molecule has 3 rings (SSSR count). The van der Waals surface area contributed by atoms with Crippen molar-refractivity contribution in [2.24, 2.45) is 0 Å². The molecule has 0 spiro atoms. The molecule has 0 unspecified atom stereocenters. The molecule has 2 nitrogen and oxygen atoms in total. The summed E-state index contributed by atoms with van der Waals surface area (Å²) >= 11 is 6.89. The van der Waals surface area contributed by atoms with Gasteiger partial charge in [-0.15, -0.1) is 0 Å². The van der Waals surface area contributed by atoms with Crippen LogP contribution >= 0.6 is 31.9 Å². The number of nitrogens with zero attached hydrogens (tertiary/aromatic N) is 2. The summed E-state index contributed by atoms with van der Waals surface area (Å²) in [7, 11) is 0. The Bertz CT molecular complexity index is 627. The molecule has 0 saturated heterocycles. The average Bonchev–Trinajstić information content (AvgIpc) is 3.25. The van der Waals surface area contributed by atoms with Crippen molar-refractivity contribution >= 4 is 31.9 Å². The van der Waals surface area contributed by atoms with Crippen LogP contribution in [-0.4, -0.2) is 9.97 Å². The lowest BCUT2D eigenvalue weighted by molar-refractivity contribution is 0.628. The molecule has 0 radical (unpaired) electrons. The number of hydrogen-bond acceptors (Lipinski definition) is 2. The molecule has 0 atom stereocenters. The van der Waals surface area contributed by atoms with Gasteiger partial charge < -0.3 is 0 Å². The highest BCUT2D eigenvalue weighted by Crippen LogP contribution is 2.41. The summed E-state index contributed by atoms with van der Waals surface area (Å²) < 4.78 is 14.2. The SMILES string of the molecule is Fc1ccc(Br)c(-c2ncc(CBr)c(C3CC3)n2)c1. The van der Waals surface area contributed by atoms with Crippen molar-refractivity contribution in [3.63, 3.8) is 0 Å². The fraction of sp³-hybridized carbons (Fsp3) is 0.286. The van der Waals surface area contributed by atoms with Gasteiger partial charge in [0.25, 0.3) is 0 Å². The summed E-state index contributed by atoms with van der Waals surface area (Å²) in [6.45, 7) is 0. The summed E-state index contributed by atoms with van der Waals surface area (Å²) in [5.41, 5.74) is 2.92.